The topological polar surface area (TPSA) is 48.0 Å². The molecule has 1 aromatic carbocycles. The summed E-state index contributed by atoms with van der Waals surface area (Å²) in [4.78, 5) is 12.8. The van der Waals surface area contributed by atoms with Gasteiger partial charge in [0.05, 0.1) is 11.6 Å². The van der Waals surface area contributed by atoms with Gasteiger partial charge >= 0.3 is 0 Å². The highest BCUT2D eigenvalue weighted by Crippen LogP contribution is 2.31. The third kappa shape index (κ3) is 1.99. The molecule has 3 rings (SSSR count). The van der Waals surface area contributed by atoms with E-state index >= 15 is 0 Å². The zero-order valence-electron chi connectivity index (χ0n) is 10.5. The van der Waals surface area contributed by atoms with Crippen molar-refractivity contribution in [2.24, 2.45) is 5.73 Å². The van der Waals surface area contributed by atoms with Crippen molar-refractivity contribution in [2.75, 3.05) is 0 Å². The average molecular weight is 270 g/mol. The largest absolute Gasteiger partial charge is 0.320 e. The standard InChI is InChI=1S/C15H14N2OS/c1-10(18)17-9-12(11-5-2-3-6-13(11)17)15(16)14-7-4-8-19-14/h2-9,15H,16H2,1H3/t15-/m1/s1. The van der Waals surface area contributed by atoms with Crippen LogP contribution in [-0.2, 0) is 0 Å². The molecule has 0 aliphatic heterocycles. The summed E-state index contributed by atoms with van der Waals surface area (Å²) in [6.45, 7) is 1.56. The van der Waals surface area contributed by atoms with E-state index < -0.39 is 0 Å². The summed E-state index contributed by atoms with van der Waals surface area (Å²) in [5, 5.41) is 3.05. The van der Waals surface area contributed by atoms with E-state index in [1.165, 1.54) is 0 Å². The van der Waals surface area contributed by atoms with Crippen molar-refractivity contribution in [1.82, 2.24) is 4.57 Å². The van der Waals surface area contributed by atoms with Gasteiger partial charge in [-0.2, -0.15) is 0 Å². The highest BCUT2D eigenvalue weighted by molar-refractivity contribution is 7.10. The van der Waals surface area contributed by atoms with Gasteiger partial charge in [0.25, 0.3) is 0 Å². The summed E-state index contributed by atoms with van der Waals surface area (Å²) < 4.78 is 1.66. The Labute approximate surface area is 115 Å². The molecule has 96 valence electrons. The summed E-state index contributed by atoms with van der Waals surface area (Å²) in [6, 6.07) is 11.7. The summed E-state index contributed by atoms with van der Waals surface area (Å²) in [5.74, 6) is 0.000768. The number of thiophene rings is 1. The minimum Gasteiger partial charge on any atom is -0.320 e. The number of nitrogens with two attached hydrogens (primary N) is 1. The second-order valence-corrected chi connectivity index (χ2v) is 5.46. The zero-order chi connectivity index (χ0) is 13.4. The Hall–Kier alpha value is -1.91. The molecule has 4 heteroatoms. The van der Waals surface area contributed by atoms with E-state index in [0.29, 0.717) is 0 Å². The van der Waals surface area contributed by atoms with E-state index in [1.807, 2.05) is 48.0 Å². The predicted octanol–water partition coefficient (Wildman–Crippen LogP) is 3.41. The van der Waals surface area contributed by atoms with E-state index in [-0.39, 0.29) is 11.9 Å². The van der Waals surface area contributed by atoms with E-state index in [4.69, 9.17) is 5.73 Å². The molecule has 2 heterocycles. The molecule has 0 saturated carbocycles. The number of carbonyl (C=O) groups excluding carboxylic acids is 1. The fourth-order valence-electron chi connectivity index (χ4n) is 2.34. The molecular weight excluding hydrogens is 256 g/mol. The first-order valence-electron chi connectivity index (χ1n) is 6.08. The summed E-state index contributed by atoms with van der Waals surface area (Å²) in [7, 11) is 0. The van der Waals surface area contributed by atoms with Crippen LogP contribution in [0.2, 0.25) is 0 Å². The predicted molar refractivity (Wildman–Crippen MR) is 78.6 cm³/mol. The molecule has 0 spiro atoms. The van der Waals surface area contributed by atoms with E-state index in [1.54, 1.807) is 22.8 Å². The summed E-state index contributed by atoms with van der Waals surface area (Å²) >= 11 is 1.63. The van der Waals surface area contributed by atoms with Crippen LogP contribution < -0.4 is 5.73 Å². The van der Waals surface area contributed by atoms with Crippen LogP contribution in [-0.4, -0.2) is 10.5 Å². The lowest BCUT2D eigenvalue weighted by Crippen LogP contribution is -2.10. The van der Waals surface area contributed by atoms with Gasteiger partial charge in [0.2, 0.25) is 5.91 Å². The van der Waals surface area contributed by atoms with Crippen LogP contribution in [0.1, 0.15) is 28.2 Å². The molecule has 3 aromatic rings. The van der Waals surface area contributed by atoms with Gasteiger partial charge in [-0.05, 0) is 17.5 Å². The van der Waals surface area contributed by atoms with Crippen molar-refractivity contribution in [1.29, 1.82) is 0 Å². The Morgan fingerprint density at radius 2 is 2.05 bits per heavy atom. The molecule has 0 aliphatic rings. The third-order valence-corrected chi connectivity index (χ3v) is 4.22. The van der Waals surface area contributed by atoms with Gasteiger partial charge in [0.15, 0.2) is 0 Å². The lowest BCUT2D eigenvalue weighted by molar-refractivity contribution is 0.0941. The van der Waals surface area contributed by atoms with Gasteiger partial charge in [-0.25, -0.2) is 0 Å². The molecule has 1 atom stereocenters. The van der Waals surface area contributed by atoms with Crippen LogP contribution in [0.3, 0.4) is 0 Å². The average Bonchev–Trinajstić information content (AvgIpc) is 3.05. The monoisotopic (exact) mass is 270 g/mol. The second kappa shape index (κ2) is 4.64. The molecule has 0 saturated heterocycles. The number of rotatable bonds is 2. The molecule has 0 fully saturated rings. The highest BCUT2D eigenvalue weighted by atomic mass is 32.1. The fourth-order valence-corrected chi connectivity index (χ4v) is 3.08. The fraction of sp³-hybridized carbons (Fsp3) is 0.133. The first-order valence-corrected chi connectivity index (χ1v) is 6.96. The first kappa shape index (κ1) is 12.1. The van der Waals surface area contributed by atoms with Crippen LogP contribution in [0.4, 0.5) is 0 Å². The van der Waals surface area contributed by atoms with Gasteiger partial charge < -0.3 is 5.73 Å². The van der Waals surface area contributed by atoms with Crippen LogP contribution in [0.25, 0.3) is 10.9 Å². The third-order valence-electron chi connectivity index (χ3n) is 3.27. The van der Waals surface area contributed by atoms with Crippen molar-refractivity contribution in [3.8, 4) is 0 Å². The summed E-state index contributed by atoms with van der Waals surface area (Å²) in [5.41, 5.74) is 8.23. The van der Waals surface area contributed by atoms with E-state index in [2.05, 4.69) is 0 Å². The maximum absolute atomic E-state index is 11.7. The van der Waals surface area contributed by atoms with Crippen molar-refractivity contribution in [2.45, 2.75) is 13.0 Å². The SMILES string of the molecule is CC(=O)n1cc([C@@H](N)c2cccs2)c2ccccc21. The number of hydrogen-bond donors (Lipinski definition) is 1. The normalized spacial score (nSPS) is 12.7. The van der Waals surface area contributed by atoms with E-state index in [0.717, 1.165) is 21.3 Å². The molecule has 0 unspecified atom stereocenters. The van der Waals surface area contributed by atoms with Crippen LogP contribution in [0, 0.1) is 0 Å². The molecule has 0 radical (unpaired) electrons. The smallest absolute Gasteiger partial charge is 0.227 e. The van der Waals surface area contributed by atoms with Crippen LogP contribution >= 0.6 is 11.3 Å². The molecule has 2 aromatic heterocycles. The van der Waals surface area contributed by atoms with Gasteiger partial charge in [-0.3, -0.25) is 9.36 Å². The second-order valence-electron chi connectivity index (χ2n) is 4.48. The number of aromatic nitrogens is 1. The van der Waals surface area contributed by atoms with E-state index in [9.17, 15) is 4.79 Å². The van der Waals surface area contributed by atoms with Gasteiger partial charge in [0, 0.05) is 28.9 Å². The van der Waals surface area contributed by atoms with Gasteiger partial charge in [-0.15, -0.1) is 11.3 Å². The lowest BCUT2D eigenvalue weighted by Gasteiger charge is -2.07. The number of hydrogen-bond acceptors (Lipinski definition) is 3. The van der Waals surface area contributed by atoms with Gasteiger partial charge in [0.1, 0.15) is 0 Å². The molecule has 2 N–H and O–H groups in total. The molecule has 19 heavy (non-hydrogen) atoms. The first-order chi connectivity index (χ1) is 9.18. The summed E-state index contributed by atoms with van der Waals surface area (Å²) in [6.07, 6.45) is 1.86. The zero-order valence-corrected chi connectivity index (χ0v) is 11.4. The Bertz CT molecular complexity index is 728. The maximum atomic E-state index is 11.7. The highest BCUT2D eigenvalue weighted by Gasteiger charge is 2.17. The molecule has 0 amide bonds. The quantitative estimate of drug-likeness (QED) is 0.775. The number of carbonyl (C=O) groups is 1. The lowest BCUT2D eigenvalue weighted by atomic mass is 10.1. The number of fused-ring (bicyclic) bond motifs is 1. The Morgan fingerprint density at radius 1 is 1.26 bits per heavy atom. The Balaban J connectivity index is 2.21. The molecule has 3 nitrogen and oxygen atoms in total. The maximum Gasteiger partial charge on any atom is 0.227 e. The number of nitrogens with zero attached hydrogens (tertiary/aromatic N) is 1. The van der Waals surface area contributed by atoms with Crippen molar-refractivity contribution < 1.29 is 4.79 Å². The Morgan fingerprint density at radius 3 is 2.74 bits per heavy atom. The van der Waals surface area contributed by atoms with Gasteiger partial charge in [-0.1, -0.05) is 24.3 Å². The molecular formula is C15H14N2OS. The molecule has 0 aliphatic carbocycles. The van der Waals surface area contributed by atoms with Crippen molar-refractivity contribution in [3.63, 3.8) is 0 Å². The molecule has 0 bridgehead atoms. The number of para-hydroxylation sites is 1. The van der Waals surface area contributed by atoms with Crippen LogP contribution in [0.5, 0.6) is 0 Å². The Kier molecular flexibility index (Phi) is 2.97. The van der Waals surface area contributed by atoms with Crippen molar-refractivity contribution in [3.05, 3.63) is 58.4 Å². The number of benzene rings is 1. The minimum atomic E-state index is -0.189. The van der Waals surface area contributed by atoms with Crippen LogP contribution in [0.15, 0.2) is 48.0 Å². The van der Waals surface area contributed by atoms with Crippen molar-refractivity contribution >= 4 is 28.1 Å². The minimum absolute atomic E-state index is 0.000768.